The van der Waals surface area contributed by atoms with Crippen LogP contribution in [0.5, 0.6) is 0 Å². The molecular weight excluding hydrogens is 308 g/mol. The normalized spacial score (nSPS) is 20.5. The van der Waals surface area contributed by atoms with E-state index in [1.54, 1.807) is 0 Å². The number of nitrogens with zero attached hydrogens (tertiary/aromatic N) is 2. The lowest BCUT2D eigenvalue weighted by molar-refractivity contribution is -0.122. The Bertz CT molecular complexity index is 707. The molecule has 130 valence electrons. The second-order valence-electron chi connectivity index (χ2n) is 6.53. The van der Waals surface area contributed by atoms with Crippen LogP contribution in [0.1, 0.15) is 34.8 Å². The minimum atomic E-state index is 0.0184. The SMILES string of the molecule is Cc1cc(C[C@@H]2COC[C@@H]2NC(=O)CCc2n[nH]c(C)c2C)on1. The van der Waals surface area contributed by atoms with Gasteiger partial charge in [0.15, 0.2) is 0 Å². The summed E-state index contributed by atoms with van der Waals surface area (Å²) in [5.74, 6) is 1.09. The molecule has 1 aliphatic heterocycles. The number of amides is 1. The summed E-state index contributed by atoms with van der Waals surface area (Å²) >= 11 is 0. The molecule has 24 heavy (non-hydrogen) atoms. The average Bonchev–Trinajstić information content (AvgIpc) is 3.23. The summed E-state index contributed by atoms with van der Waals surface area (Å²) in [7, 11) is 0. The molecule has 7 heteroatoms. The molecule has 2 aromatic rings. The number of hydrogen-bond donors (Lipinski definition) is 2. The van der Waals surface area contributed by atoms with E-state index in [4.69, 9.17) is 9.26 Å². The molecule has 1 aliphatic rings. The van der Waals surface area contributed by atoms with Gasteiger partial charge in [0, 0.05) is 36.9 Å². The zero-order valence-corrected chi connectivity index (χ0v) is 14.4. The van der Waals surface area contributed by atoms with Crippen molar-refractivity contribution in [2.24, 2.45) is 5.92 Å². The summed E-state index contributed by atoms with van der Waals surface area (Å²) < 4.78 is 10.8. The molecule has 2 atom stereocenters. The standard InChI is InChI=1S/C17H24N4O3/c1-10-6-14(24-21-10)7-13-8-23-9-16(13)18-17(22)5-4-15-11(2)12(3)19-20-15/h6,13,16H,4-5,7-9H2,1-3H3,(H,18,22)(H,19,20)/t13-,16+/m1/s1. The Morgan fingerprint density at radius 1 is 1.38 bits per heavy atom. The zero-order valence-electron chi connectivity index (χ0n) is 14.4. The van der Waals surface area contributed by atoms with E-state index in [0.717, 1.165) is 34.8 Å². The predicted molar refractivity (Wildman–Crippen MR) is 87.6 cm³/mol. The van der Waals surface area contributed by atoms with Crippen LogP contribution in [0, 0.1) is 26.7 Å². The first-order valence-electron chi connectivity index (χ1n) is 8.32. The van der Waals surface area contributed by atoms with Crippen LogP contribution in [-0.2, 0) is 22.4 Å². The fourth-order valence-electron chi connectivity index (χ4n) is 3.02. The van der Waals surface area contributed by atoms with E-state index in [1.807, 2.05) is 26.8 Å². The number of rotatable bonds is 6. The van der Waals surface area contributed by atoms with Gasteiger partial charge in [-0.3, -0.25) is 9.89 Å². The monoisotopic (exact) mass is 332 g/mol. The van der Waals surface area contributed by atoms with Gasteiger partial charge in [0.1, 0.15) is 5.76 Å². The summed E-state index contributed by atoms with van der Waals surface area (Å²) in [6, 6.07) is 1.95. The van der Waals surface area contributed by atoms with Gasteiger partial charge in [0.2, 0.25) is 5.91 Å². The summed E-state index contributed by atoms with van der Waals surface area (Å²) in [6.45, 7) is 7.08. The van der Waals surface area contributed by atoms with Crippen molar-refractivity contribution in [3.63, 3.8) is 0 Å². The number of aromatic nitrogens is 3. The first kappa shape index (κ1) is 16.7. The highest BCUT2D eigenvalue weighted by Crippen LogP contribution is 2.20. The smallest absolute Gasteiger partial charge is 0.220 e. The van der Waals surface area contributed by atoms with Crippen molar-refractivity contribution >= 4 is 5.91 Å². The molecule has 7 nitrogen and oxygen atoms in total. The second kappa shape index (κ2) is 7.17. The number of nitrogens with one attached hydrogen (secondary N) is 2. The fraction of sp³-hybridized carbons (Fsp3) is 0.588. The maximum absolute atomic E-state index is 12.3. The Morgan fingerprint density at radius 3 is 2.88 bits per heavy atom. The van der Waals surface area contributed by atoms with Gasteiger partial charge in [-0.1, -0.05) is 5.16 Å². The summed E-state index contributed by atoms with van der Waals surface area (Å²) in [5.41, 5.74) is 4.01. The van der Waals surface area contributed by atoms with Gasteiger partial charge < -0.3 is 14.6 Å². The van der Waals surface area contributed by atoms with Gasteiger partial charge in [-0.2, -0.15) is 5.10 Å². The molecule has 0 radical (unpaired) electrons. The van der Waals surface area contributed by atoms with E-state index in [1.165, 1.54) is 0 Å². The summed E-state index contributed by atoms with van der Waals surface area (Å²) in [4.78, 5) is 12.3. The van der Waals surface area contributed by atoms with Gasteiger partial charge in [-0.25, -0.2) is 0 Å². The molecule has 0 unspecified atom stereocenters. The maximum atomic E-state index is 12.3. The second-order valence-corrected chi connectivity index (χ2v) is 6.53. The minimum absolute atomic E-state index is 0.0184. The Balaban J connectivity index is 1.50. The largest absolute Gasteiger partial charge is 0.379 e. The third kappa shape index (κ3) is 3.84. The Kier molecular flexibility index (Phi) is 4.99. The topological polar surface area (TPSA) is 93.0 Å². The molecule has 0 saturated carbocycles. The third-order valence-corrected chi connectivity index (χ3v) is 4.63. The first-order chi connectivity index (χ1) is 11.5. The summed E-state index contributed by atoms with van der Waals surface area (Å²) in [5, 5.41) is 14.2. The lowest BCUT2D eigenvalue weighted by atomic mass is 9.98. The van der Waals surface area contributed by atoms with Crippen LogP contribution < -0.4 is 5.32 Å². The van der Waals surface area contributed by atoms with Crippen molar-refractivity contribution in [2.45, 2.75) is 46.1 Å². The van der Waals surface area contributed by atoms with Gasteiger partial charge >= 0.3 is 0 Å². The van der Waals surface area contributed by atoms with Crippen molar-refractivity contribution in [2.75, 3.05) is 13.2 Å². The zero-order chi connectivity index (χ0) is 17.1. The lowest BCUT2D eigenvalue weighted by Gasteiger charge is -2.18. The third-order valence-electron chi connectivity index (χ3n) is 4.63. The molecule has 1 amide bonds. The average molecular weight is 332 g/mol. The van der Waals surface area contributed by atoms with Crippen LogP contribution in [0.15, 0.2) is 10.6 Å². The van der Waals surface area contributed by atoms with Gasteiger partial charge in [-0.15, -0.1) is 0 Å². The predicted octanol–water partition coefficient (Wildman–Crippen LogP) is 1.63. The molecular formula is C17H24N4O3. The molecule has 0 bridgehead atoms. The highest BCUT2D eigenvalue weighted by molar-refractivity contribution is 5.76. The van der Waals surface area contributed by atoms with Gasteiger partial charge in [0.05, 0.1) is 30.6 Å². The summed E-state index contributed by atoms with van der Waals surface area (Å²) in [6.07, 6.45) is 1.79. The van der Waals surface area contributed by atoms with Crippen LogP contribution in [0.2, 0.25) is 0 Å². The van der Waals surface area contributed by atoms with E-state index < -0.39 is 0 Å². The van der Waals surface area contributed by atoms with Crippen molar-refractivity contribution in [3.05, 3.63) is 34.5 Å². The van der Waals surface area contributed by atoms with Crippen LogP contribution in [0.25, 0.3) is 0 Å². The fourth-order valence-corrected chi connectivity index (χ4v) is 3.02. The number of hydrogen-bond acceptors (Lipinski definition) is 5. The number of ether oxygens (including phenoxy) is 1. The molecule has 1 fully saturated rings. The van der Waals surface area contributed by atoms with Crippen molar-refractivity contribution in [1.82, 2.24) is 20.7 Å². The number of carbonyl (C=O) groups is 1. The van der Waals surface area contributed by atoms with Crippen LogP contribution in [0.3, 0.4) is 0 Å². The molecule has 3 heterocycles. The Hall–Kier alpha value is -2.15. The van der Waals surface area contributed by atoms with E-state index in [0.29, 0.717) is 26.1 Å². The molecule has 0 spiro atoms. The molecule has 1 saturated heterocycles. The van der Waals surface area contributed by atoms with Crippen molar-refractivity contribution in [1.29, 1.82) is 0 Å². The van der Waals surface area contributed by atoms with E-state index in [9.17, 15) is 4.79 Å². The quantitative estimate of drug-likeness (QED) is 0.838. The maximum Gasteiger partial charge on any atom is 0.220 e. The first-order valence-corrected chi connectivity index (χ1v) is 8.32. The number of aryl methyl sites for hydroxylation is 3. The minimum Gasteiger partial charge on any atom is -0.379 e. The van der Waals surface area contributed by atoms with Crippen LogP contribution >= 0.6 is 0 Å². The van der Waals surface area contributed by atoms with E-state index >= 15 is 0 Å². The van der Waals surface area contributed by atoms with E-state index in [2.05, 4.69) is 20.7 Å². The van der Waals surface area contributed by atoms with Crippen LogP contribution in [0.4, 0.5) is 0 Å². The number of carbonyl (C=O) groups excluding carboxylic acids is 1. The Morgan fingerprint density at radius 2 is 2.21 bits per heavy atom. The Labute approximate surface area is 141 Å². The molecule has 2 aromatic heterocycles. The van der Waals surface area contributed by atoms with Gasteiger partial charge in [0.25, 0.3) is 0 Å². The molecule has 2 N–H and O–H groups in total. The molecule has 0 aliphatic carbocycles. The van der Waals surface area contributed by atoms with Gasteiger partial charge in [-0.05, 0) is 26.3 Å². The van der Waals surface area contributed by atoms with Crippen molar-refractivity contribution < 1.29 is 14.1 Å². The number of H-pyrrole nitrogens is 1. The number of aromatic amines is 1. The molecule has 0 aromatic carbocycles. The molecule has 3 rings (SSSR count). The highest BCUT2D eigenvalue weighted by Gasteiger charge is 2.30. The van der Waals surface area contributed by atoms with Crippen LogP contribution in [-0.4, -0.2) is 40.5 Å². The van der Waals surface area contributed by atoms with Crippen molar-refractivity contribution in [3.8, 4) is 0 Å². The van der Waals surface area contributed by atoms with E-state index in [-0.39, 0.29) is 17.9 Å². The lowest BCUT2D eigenvalue weighted by Crippen LogP contribution is -2.40. The highest BCUT2D eigenvalue weighted by atomic mass is 16.5.